The average molecular weight is 407 g/mol. The third-order valence-corrected chi connectivity index (χ3v) is 4.36. The molecule has 8 heteroatoms. The normalized spacial score (nSPS) is 11.0. The molecular weight excluding hydrogens is 386 g/mol. The molecule has 1 heterocycles. The van der Waals surface area contributed by atoms with Gasteiger partial charge in [-0.05, 0) is 42.8 Å². The maximum atomic E-state index is 11.4. The van der Waals surface area contributed by atoms with Gasteiger partial charge in [0.2, 0.25) is 5.89 Å². The molecule has 3 aromatic rings. The molecule has 0 unspecified atom stereocenters. The summed E-state index contributed by atoms with van der Waals surface area (Å²) in [5, 5.41) is 10.7. The number of anilines is 1. The Bertz CT molecular complexity index is 1120. The second-order valence-corrected chi connectivity index (χ2v) is 6.72. The van der Waals surface area contributed by atoms with Crippen molar-refractivity contribution in [3.63, 3.8) is 0 Å². The number of likely N-dealkylation sites (N-methyl/N-ethyl adjacent to an activating group) is 1. The largest absolute Gasteiger partial charge is 0.460 e. The molecule has 8 nitrogen and oxygen atoms in total. The number of rotatable bonds is 8. The molecule has 0 saturated heterocycles. The summed E-state index contributed by atoms with van der Waals surface area (Å²) >= 11 is 0. The fourth-order valence-electron chi connectivity index (χ4n) is 2.64. The maximum absolute atomic E-state index is 11.4. The number of hydrogen-bond donors (Lipinski definition) is 0. The summed E-state index contributed by atoms with van der Waals surface area (Å²) in [4.78, 5) is 28.1. The van der Waals surface area contributed by atoms with Gasteiger partial charge in [-0.2, -0.15) is 0 Å². The number of ether oxygens (including phenoxy) is 1. The van der Waals surface area contributed by atoms with E-state index in [-0.39, 0.29) is 12.3 Å². The highest BCUT2D eigenvalue weighted by Crippen LogP contribution is 2.23. The Balaban J connectivity index is 1.67. The molecule has 0 spiro atoms. The molecule has 154 valence electrons. The molecule has 2 aromatic carbocycles. The van der Waals surface area contributed by atoms with Gasteiger partial charge in [-0.25, -0.2) is 9.78 Å². The van der Waals surface area contributed by atoms with E-state index in [0.717, 1.165) is 11.3 Å². The maximum Gasteiger partial charge on any atom is 0.333 e. The SMILES string of the molecule is C=C(C)C(=O)OCCN(C)c1ccc2nc(C=Cc3ccc([N+](=O)[O-])cc3)oc2c1. The molecular formula is C22H21N3O5. The van der Waals surface area contributed by atoms with Crippen LogP contribution in [0, 0.1) is 10.1 Å². The van der Waals surface area contributed by atoms with Crippen LogP contribution in [0.15, 0.2) is 59.0 Å². The van der Waals surface area contributed by atoms with Crippen molar-refractivity contribution in [1.82, 2.24) is 4.98 Å². The first-order valence-electron chi connectivity index (χ1n) is 9.20. The number of non-ortho nitro benzene ring substituents is 1. The van der Waals surface area contributed by atoms with E-state index in [0.29, 0.717) is 29.1 Å². The topological polar surface area (TPSA) is 98.7 Å². The van der Waals surface area contributed by atoms with Crippen LogP contribution in [0.1, 0.15) is 18.4 Å². The summed E-state index contributed by atoms with van der Waals surface area (Å²) in [5.41, 5.74) is 3.45. The van der Waals surface area contributed by atoms with Crippen LogP contribution < -0.4 is 4.90 Å². The second-order valence-electron chi connectivity index (χ2n) is 6.72. The number of nitrogens with zero attached hydrogens (tertiary/aromatic N) is 3. The Morgan fingerprint density at radius 2 is 2.00 bits per heavy atom. The summed E-state index contributed by atoms with van der Waals surface area (Å²) in [5.74, 6) is 0.0251. The highest BCUT2D eigenvalue weighted by atomic mass is 16.6. The lowest BCUT2D eigenvalue weighted by Gasteiger charge is -2.18. The molecule has 0 N–H and O–H groups in total. The number of carbonyl (C=O) groups excluding carboxylic acids is 1. The third-order valence-electron chi connectivity index (χ3n) is 4.36. The van der Waals surface area contributed by atoms with Gasteiger partial charge < -0.3 is 14.1 Å². The highest BCUT2D eigenvalue weighted by molar-refractivity contribution is 5.87. The Labute approximate surface area is 173 Å². The molecule has 30 heavy (non-hydrogen) atoms. The number of benzene rings is 2. The Morgan fingerprint density at radius 1 is 1.27 bits per heavy atom. The summed E-state index contributed by atoms with van der Waals surface area (Å²) in [6.07, 6.45) is 3.49. The number of carbonyl (C=O) groups is 1. The molecule has 0 aliphatic rings. The number of fused-ring (bicyclic) bond motifs is 1. The Kier molecular flexibility index (Phi) is 6.26. The van der Waals surface area contributed by atoms with Crippen LogP contribution in [0.5, 0.6) is 0 Å². The molecule has 0 amide bonds. The number of esters is 1. The van der Waals surface area contributed by atoms with E-state index in [1.165, 1.54) is 12.1 Å². The van der Waals surface area contributed by atoms with E-state index in [2.05, 4.69) is 11.6 Å². The van der Waals surface area contributed by atoms with Gasteiger partial charge in [0.15, 0.2) is 5.58 Å². The summed E-state index contributed by atoms with van der Waals surface area (Å²) in [6, 6.07) is 11.8. The van der Waals surface area contributed by atoms with Gasteiger partial charge in [0.25, 0.3) is 5.69 Å². The van der Waals surface area contributed by atoms with Crippen LogP contribution in [-0.4, -0.2) is 36.1 Å². The first-order chi connectivity index (χ1) is 14.3. The van der Waals surface area contributed by atoms with Gasteiger partial charge in [-0.15, -0.1) is 0 Å². The van der Waals surface area contributed by atoms with Crippen LogP contribution in [0.4, 0.5) is 11.4 Å². The van der Waals surface area contributed by atoms with E-state index in [1.807, 2.05) is 30.1 Å². The van der Waals surface area contributed by atoms with Crippen molar-refractivity contribution in [2.45, 2.75) is 6.92 Å². The first-order valence-corrected chi connectivity index (χ1v) is 9.20. The van der Waals surface area contributed by atoms with E-state index >= 15 is 0 Å². The van der Waals surface area contributed by atoms with Gasteiger partial charge in [0.1, 0.15) is 12.1 Å². The van der Waals surface area contributed by atoms with Gasteiger partial charge in [-0.1, -0.05) is 6.58 Å². The monoisotopic (exact) mass is 407 g/mol. The molecule has 0 bridgehead atoms. The highest BCUT2D eigenvalue weighted by Gasteiger charge is 2.09. The van der Waals surface area contributed by atoms with Crippen molar-refractivity contribution >= 4 is 40.6 Å². The third kappa shape index (κ3) is 5.11. The summed E-state index contributed by atoms with van der Waals surface area (Å²) in [7, 11) is 1.89. The zero-order valence-electron chi connectivity index (χ0n) is 16.7. The number of nitro benzene ring substituents is 1. The van der Waals surface area contributed by atoms with Crippen molar-refractivity contribution in [1.29, 1.82) is 0 Å². The molecule has 0 fully saturated rings. The smallest absolute Gasteiger partial charge is 0.333 e. The van der Waals surface area contributed by atoms with Gasteiger partial charge in [0, 0.05) is 42.6 Å². The van der Waals surface area contributed by atoms with Crippen molar-refractivity contribution in [2.75, 3.05) is 25.1 Å². The van der Waals surface area contributed by atoms with Gasteiger partial charge >= 0.3 is 5.97 Å². The number of nitro groups is 1. The number of hydrogen-bond acceptors (Lipinski definition) is 7. The molecule has 1 aromatic heterocycles. The lowest BCUT2D eigenvalue weighted by Crippen LogP contribution is -2.23. The minimum absolute atomic E-state index is 0.0417. The van der Waals surface area contributed by atoms with Gasteiger partial charge in [-0.3, -0.25) is 10.1 Å². The average Bonchev–Trinajstić information content (AvgIpc) is 3.14. The molecule has 0 aliphatic carbocycles. The molecule has 3 rings (SSSR count). The minimum Gasteiger partial charge on any atom is -0.460 e. The van der Waals surface area contributed by atoms with Crippen molar-refractivity contribution < 1.29 is 18.9 Å². The van der Waals surface area contributed by atoms with E-state index in [9.17, 15) is 14.9 Å². The standard InChI is InChI=1S/C22H21N3O5/c1-15(2)22(26)29-13-12-24(3)18-9-10-19-20(14-18)30-21(23-19)11-6-16-4-7-17(8-5-16)25(27)28/h4-11,14H,1,12-13H2,2-3H3. The van der Waals surface area contributed by atoms with Crippen LogP contribution in [0.2, 0.25) is 0 Å². The second kappa shape index (κ2) is 9.04. The zero-order chi connectivity index (χ0) is 21.7. The predicted molar refractivity (Wildman–Crippen MR) is 115 cm³/mol. The molecule has 0 aliphatic heterocycles. The van der Waals surface area contributed by atoms with Crippen LogP contribution in [0.3, 0.4) is 0 Å². The fourth-order valence-corrected chi connectivity index (χ4v) is 2.64. The van der Waals surface area contributed by atoms with Crippen molar-refractivity contribution in [3.05, 3.63) is 76.2 Å². The molecule has 0 saturated carbocycles. The van der Waals surface area contributed by atoms with Crippen LogP contribution in [0.25, 0.3) is 23.3 Å². The molecule has 0 radical (unpaired) electrons. The molecule has 0 atom stereocenters. The Hall–Kier alpha value is -3.94. The summed E-state index contributed by atoms with van der Waals surface area (Å²) in [6.45, 7) is 5.93. The lowest BCUT2D eigenvalue weighted by atomic mass is 10.2. The van der Waals surface area contributed by atoms with E-state index in [4.69, 9.17) is 9.15 Å². The van der Waals surface area contributed by atoms with Crippen molar-refractivity contribution in [3.8, 4) is 0 Å². The number of oxazole rings is 1. The fraction of sp³-hybridized carbons (Fsp3) is 0.182. The van der Waals surface area contributed by atoms with Gasteiger partial charge in [0.05, 0.1) is 11.5 Å². The first kappa shape index (κ1) is 20.8. The van der Waals surface area contributed by atoms with Crippen molar-refractivity contribution in [2.24, 2.45) is 0 Å². The van der Waals surface area contributed by atoms with Crippen LogP contribution in [-0.2, 0) is 9.53 Å². The van der Waals surface area contributed by atoms with E-state index < -0.39 is 10.9 Å². The Morgan fingerprint density at radius 3 is 2.67 bits per heavy atom. The number of aromatic nitrogens is 1. The van der Waals surface area contributed by atoms with E-state index in [1.54, 1.807) is 31.2 Å². The quantitative estimate of drug-likeness (QED) is 0.235. The minimum atomic E-state index is -0.437. The lowest BCUT2D eigenvalue weighted by molar-refractivity contribution is -0.384. The predicted octanol–water partition coefficient (Wildman–Crippen LogP) is 4.46. The zero-order valence-corrected chi connectivity index (χ0v) is 16.7. The summed E-state index contributed by atoms with van der Waals surface area (Å²) < 4.78 is 10.9. The van der Waals surface area contributed by atoms with Crippen LogP contribution >= 0.6 is 0 Å².